The second-order valence-corrected chi connectivity index (χ2v) is 3.75. The first-order chi connectivity index (χ1) is 7.63. The lowest BCUT2D eigenvalue weighted by Gasteiger charge is -1.99. The maximum Gasteiger partial charge on any atom is 0.123 e. The highest BCUT2D eigenvalue weighted by atomic mass is 19.1. The SMILES string of the molecule is Cc1c(-c2ccc(F)cc2)nn(C)c1CN. The average Bonchev–Trinajstić information content (AvgIpc) is 2.55. The molecule has 0 unspecified atom stereocenters. The van der Waals surface area contributed by atoms with E-state index < -0.39 is 0 Å². The van der Waals surface area contributed by atoms with Gasteiger partial charge in [0.1, 0.15) is 5.82 Å². The van der Waals surface area contributed by atoms with E-state index in [1.165, 1.54) is 12.1 Å². The smallest absolute Gasteiger partial charge is 0.123 e. The molecule has 0 atom stereocenters. The number of aryl methyl sites for hydroxylation is 1. The van der Waals surface area contributed by atoms with Gasteiger partial charge in [0.2, 0.25) is 0 Å². The van der Waals surface area contributed by atoms with Gasteiger partial charge >= 0.3 is 0 Å². The van der Waals surface area contributed by atoms with E-state index in [1.807, 2.05) is 14.0 Å². The molecule has 2 N–H and O–H groups in total. The minimum absolute atomic E-state index is 0.239. The molecule has 0 saturated heterocycles. The van der Waals surface area contributed by atoms with Crippen LogP contribution in [0.2, 0.25) is 0 Å². The van der Waals surface area contributed by atoms with Crippen LogP contribution in [0.4, 0.5) is 4.39 Å². The van der Waals surface area contributed by atoms with Crippen molar-refractivity contribution in [2.45, 2.75) is 13.5 Å². The molecular formula is C12H14FN3. The molecule has 84 valence electrons. The highest BCUT2D eigenvalue weighted by Crippen LogP contribution is 2.24. The number of nitrogens with two attached hydrogens (primary N) is 1. The Kier molecular flexibility index (Phi) is 2.75. The number of rotatable bonds is 2. The Balaban J connectivity index is 2.52. The second kappa shape index (κ2) is 4.06. The fraction of sp³-hybridized carbons (Fsp3) is 0.250. The summed E-state index contributed by atoms with van der Waals surface area (Å²) in [6.07, 6.45) is 0. The summed E-state index contributed by atoms with van der Waals surface area (Å²) < 4.78 is 14.6. The summed E-state index contributed by atoms with van der Waals surface area (Å²) in [5.41, 5.74) is 9.47. The molecule has 0 bridgehead atoms. The number of hydrogen-bond donors (Lipinski definition) is 1. The molecule has 1 aromatic carbocycles. The largest absolute Gasteiger partial charge is 0.325 e. The highest BCUT2D eigenvalue weighted by molar-refractivity contribution is 5.63. The van der Waals surface area contributed by atoms with Gasteiger partial charge in [0.15, 0.2) is 0 Å². The molecule has 3 nitrogen and oxygen atoms in total. The molecule has 0 amide bonds. The van der Waals surface area contributed by atoms with Crippen LogP contribution >= 0.6 is 0 Å². The zero-order chi connectivity index (χ0) is 11.7. The standard InChI is InChI=1S/C12H14FN3/c1-8-11(7-14)16(2)15-12(8)9-3-5-10(13)6-4-9/h3-6H,7,14H2,1-2H3. The second-order valence-electron chi connectivity index (χ2n) is 3.75. The Morgan fingerprint density at radius 3 is 2.44 bits per heavy atom. The van der Waals surface area contributed by atoms with E-state index in [4.69, 9.17) is 5.73 Å². The molecule has 0 aliphatic rings. The highest BCUT2D eigenvalue weighted by Gasteiger charge is 2.12. The summed E-state index contributed by atoms with van der Waals surface area (Å²) in [5, 5.41) is 4.40. The number of nitrogens with zero attached hydrogens (tertiary/aromatic N) is 2. The predicted octanol–water partition coefficient (Wildman–Crippen LogP) is 1.99. The molecule has 4 heteroatoms. The van der Waals surface area contributed by atoms with E-state index in [0.29, 0.717) is 6.54 Å². The molecule has 2 aromatic rings. The lowest BCUT2D eigenvalue weighted by molar-refractivity contribution is 0.628. The molecule has 1 heterocycles. The fourth-order valence-electron chi connectivity index (χ4n) is 1.83. The first kappa shape index (κ1) is 10.8. The Labute approximate surface area is 93.7 Å². The summed E-state index contributed by atoms with van der Waals surface area (Å²) in [5.74, 6) is -0.239. The summed E-state index contributed by atoms with van der Waals surface area (Å²) in [6, 6.07) is 6.33. The van der Waals surface area contributed by atoms with Gasteiger partial charge in [0, 0.05) is 19.2 Å². The van der Waals surface area contributed by atoms with Crippen molar-refractivity contribution in [3.63, 3.8) is 0 Å². The molecule has 0 saturated carbocycles. The first-order valence-corrected chi connectivity index (χ1v) is 5.12. The van der Waals surface area contributed by atoms with Crippen molar-refractivity contribution >= 4 is 0 Å². The van der Waals surface area contributed by atoms with Crippen molar-refractivity contribution in [1.29, 1.82) is 0 Å². The molecule has 16 heavy (non-hydrogen) atoms. The van der Waals surface area contributed by atoms with E-state index in [1.54, 1.807) is 16.8 Å². The van der Waals surface area contributed by atoms with Gasteiger partial charge in [-0.05, 0) is 36.8 Å². The van der Waals surface area contributed by atoms with E-state index >= 15 is 0 Å². The van der Waals surface area contributed by atoms with Crippen LogP contribution in [0, 0.1) is 12.7 Å². The van der Waals surface area contributed by atoms with Gasteiger partial charge in [-0.1, -0.05) is 0 Å². The third kappa shape index (κ3) is 1.72. The van der Waals surface area contributed by atoms with Crippen molar-refractivity contribution in [1.82, 2.24) is 9.78 Å². The van der Waals surface area contributed by atoms with Crippen molar-refractivity contribution in [2.24, 2.45) is 12.8 Å². The van der Waals surface area contributed by atoms with E-state index in [9.17, 15) is 4.39 Å². The molecule has 2 rings (SSSR count). The summed E-state index contributed by atoms with van der Waals surface area (Å²) in [6.45, 7) is 2.43. The summed E-state index contributed by atoms with van der Waals surface area (Å²) in [4.78, 5) is 0. The Hall–Kier alpha value is -1.68. The molecule has 0 aliphatic heterocycles. The number of benzene rings is 1. The van der Waals surface area contributed by atoms with Crippen molar-refractivity contribution in [2.75, 3.05) is 0 Å². The van der Waals surface area contributed by atoms with Gasteiger partial charge in [-0.25, -0.2) is 4.39 Å². The minimum Gasteiger partial charge on any atom is -0.325 e. The van der Waals surface area contributed by atoms with Gasteiger partial charge in [-0.3, -0.25) is 4.68 Å². The lowest BCUT2D eigenvalue weighted by Crippen LogP contribution is -2.05. The Bertz CT molecular complexity index is 500. The molecule has 1 aromatic heterocycles. The van der Waals surface area contributed by atoms with Gasteiger partial charge in [0.05, 0.1) is 11.4 Å². The van der Waals surface area contributed by atoms with Gasteiger partial charge in [0.25, 0.3) is 0 Å². The minimum atomic E-state index is -0.239. The van der Waals surface area contributed by atoms with Crippen LogP contribution in [0.1, 0.15) is 11.3 Å². The van der Waals surface area contributed by atoms with Crippen LogP contribution in [0.5, 0.6) is 0 Å². The normalized spacial score (nSPS) is 10.8. The average molecular weight is 219 g/mol. The van der Waals surface area contributed by atoms with Crippen LogP contribution in [0.25, 0.3) is 11.3 Å². The van der Waals surface area contributed by atoms with Crippen LogP contribution in [-0.2, 0) is 13.6 Å². The third-order valence-electron chi connectivity index (χ3n) is 2.74. The topological polar surface area (TPSA) is 43.8 Å². The Morgan fingerprint density at radius 1 is 1.31 bits per heavy atom. The zero-order valence-electron chi connectivity index (χ0n) is 9.37. The van der Waals surface area contributed by atoms with Gasteiger partial charge < -0.3 is 5.73 Å². The maximum absolute atomic E-state index is 12.8. The van der Waals surface area contributed by atoms with Gasteiger partial charge in [-0.15, -0.1) is 0 Å². The van der Waals surface area contributed by atoms with Crippen LogP contribution in [-0.4, -0.2) is 9.78 Å². The van der Waals surface area contributed by atoms with Crippen LogP contribution in [0.15, 0.2) is 24.3 Å². The van der Waals surface area contributed by atoms with Crippen molar-refractivity contribution in [3.05, 3.63) is 41.3 Å². The number of aromatic nitrogens is 2. The number of halogens is 1. The molecule has 0 spiro atoms. The first-order valence-electron chi connectivity index (χ1n) is 5.12. The zero-order valence-corrected chi connectivity index (χ0v) is 9.37. The molecule has 0 fully saturated rings. The van der Waals surface area contributed by atoms with E-state index in [2.05, 4.69) is 5.10 Å². The molecule has 0 aliphatic carbocycles. The van der Waals surface area contributed by atoms with Crippen LogP contribution < -0.4 is 5.73 Å². The van der Waals surface area contributed by atoms with Crippen molar-refractivity contribution < 1.29 is 4.39 Å². The van der Waals surface area contributed by atoms with Crippen molar-refractivity contribution in [3.8, 4) is 11.3 Å². The van der Waals surface area contributed by atoms with Crippen LogP contribution in [0.3, 0.4) is 0 Å². The van der Waals surface area contributed by atoms with E-state index in [0.717, 1.165) is 22.5 Å². The number of hydrogen-bond acceptors (Lipinski definition) is 2. The monoisotopic (exact) mass is 219 g/mol. The summed E-state index contributed by atoms with van der Waals surface area (Å²) in [7, 11) is 1.86. The quantitative estimate of drug-likeness (QED) is 0.839. The lowest BCUT2D eigenvalue weighted by atomic mass is 10.1. The molecule has 0 radical (unpaired) electrons. The predicted molar refractivity (Wildman–Crippen MR) is 61.2 cm³/mol. The summed E-state index contributed by atoms with van der Waals surface area (Å²) >= 11 is 0. The van der Waals surface area contributed by atoms with Gasteiger partial charge in [-0.2, -0.15) is 5.10 Å². The molecular weight excluding hydrogens is 205 g/mol. The fourth-order valence-corrected chi connectivity index (χ4v) is 1.83. The van der Waals surface area contributed by atoms with E-state index in [-0.39, 0.29) is 5.82 Å². The Morgan fingerprint density at radius 2 is 1.94 bits per heavy atom. The third-order valence-corrected chi connectivity index (χ3v) is 2.74. The maximum atomic E-state index is 12.8.